The summed E-state index contributed by atoms with van der Waals surface area (Å²) in [6.07, 6.45) is 8.69. The highest BCUT2D eigenvalue weighted by molar-refractivity contribution is 5.79. The first kappa shape index (κ1) is 12.5. The number of nitrogens with two attached hydrogens (primary N) is 1. The molecule has 1 rings (SSSR count). The molecule has 1 heterocycles. The Morgan fingerprint density at radius 2 is 2.20 bits per heavy atom. The fourth-order valence-electron chi connectivity index (χ4n) is 2.33. The number of carbonyl (C=O) groups is 1. The van der Waals surface area contributed by atoms with E-state index in [1.54, 1.807) is 0 Å². The summed E-state index contributed by atoms with van der Waals surface area (Å²) in [5.41, 5.74) is 5.30. The lowest BCUT2D eigenvalue weighted by Gasteiger charge is -2.28. The van der Waals surface area contributed by atoms with Crippen molar-refractivity contribution in [3.05, 3.63) is 0 Å². The van der Waals surface area contributed by atoms with Crippen LogP contribution in [0.1, 0.15) is 51.9 Å². The maximum atomic E-state index is 11.0. The highest BCUT2D eigenvalue weighted by Crippen LogP contribution is 2.22. The van der Waals surface area contributed by atoms with E-state index in [4.69, 9.17) is 5.73 Å². The van der Waals surface area contributed by atoms with Crippen LogP contribution in [0.3, 0.4) is 0 Å². The molecule has 2 unspecified atom stereocenters. The Hall–Kier alpha value is -0.570. The first-order valence-corrected chi connectivity index (χ1v) is 6.26. The van der Waals surface area contributed by atoms with Crippen molar-refractivity contribution >= 4 is 5.91 Å². The molecular weight excluding hydrogens is 188 g/mol. The zero-order valence-corrected chi connectivity index (χ0v) is 9.80. The highest BCUT2D eigenvalue weighted by atomic mass is 16.1. The molecule has 3 heteroatoms. The van der Waals surface area contributed by atoms with E-state index >= 15 is 0 Å². The predicted octanol–water partition coefficient (Wildman–Crippen LogP) is 1.81. The molecule has 3 N–H and O–H groups in total. The number of nitrogens with one attached hydrogen (secondary N) is 1. The van der Waals surface area contributed by atoms with Crippen LogP contribution in [0.25, 0.3) is 0 Å². The van der Waals surface area contributed by atoms with Gasteiger partial charge in [0.05, 0.1) is 6.04 Å². The standard InChI is InChI=1S/C12H24N2O/c1-2-3-4-5-6-10-7-8-14-11(9-10)12(13)15/h10-11,14H,2-9H2,1H3,(H2,13,15). The van der Waals surface area contributed by atoms with E-state index in [1.165, 1.54) is 38.5 Å². The van der Waals surface area contributed by atoms with Gasteiger partial charge in [0, 0.05) is 0 Å². The summed E-state index contributed by atoms with van der Waals surface area (Å²) in [5, 5.41) is 3.18. The number of primary amides is 1. The van der Waals surface area contributed by atoms with Crippen molar-refractivity contribution < 1.29 is 4.79 Å². The summed E-state index contributed by atoms with van der Waals surface area (Å²) in [6, 6.07) is -0.0741. The van der Waals surface area contributed by atoms with Crippen LogP contribution in [-0.4, -0.2) is 18.5 Å². The van der Waals surface area contributed by atoms with Gasteiger partial charge in [-0.2, -0.15) is 0 Å². The van der Waals surface area contributed by atoms with Crippen LogP contribution < -0.4 is 11.1 Å². The van der Waals surface area contributed by atoms with E-state index in [-0.39, 0.29) is 11.9 Å². The van der Waals surface area contributed by atoms with Crippen LogP contribution in [-0.2, 0) is 4.79 Å². The van der Waals surface area contributed by atoms with Gasteiger partial charge in [-0.25, -0.2) is 0 Å². The average molecular weight is 212 g/mol. The molecule has 3 nitrogen and oxygen atoms in total. The summed E-state index contributed by atoms with van der Waals surface area (Å²) in [4.78, 5) is 11.0. The van der Waals surface area contributed by atoms with Gasteiger partial charge in [0.25, 0.3) is 0 Å². The lowest BCUT2D eigenvalue weighted by atomic mass is 9.88. The largest absolute Gasteiger partial charge is 0.368 e. The van der Waals surface area contributed by atoms with E-state index in [0.29, 0.717) is 5.92 Å². The second-order valence-electron chi connectivity index (χ2n) is 4.65. The van der Waals surface area contributed by atoms with Crippen LogP contribution in [0.5, 0.6) is 0 Å². The van der Waals surface area contributed by atoms with Crippen LogP contribution in [0.2, 0.25) is 0 Å². The molecule has 0 radical (unpaired) electrons. The molecule has 88 valence electrons. The number of unbranched alkanes of at least 4 members (excludes halogenated alkanes) is 3. The minimum Gasteiger partial charge on any atom is -0.368 e. The van der Waals surface area contributed by atoms with Gasteiger partial charge in [0.15, 0.2) is 0 Å². The van der Waals surface area contributed by atoms with Crippen molar-refractivity contribution in [2.24, 2.45) is 11.7 Å². The van der Waals surface area contributed by atoms with Crippen molar-refractivity contribution in [1.82, 2.24) is 5.32 Å². The Morgan fingerprint density at radius 1 is 1.40 bits per heavy atom. The Bertz CT molecular complexity index is 194. The molecular formula is C12H24N2O. The molecule has 15 heavy (non-hydrogen) atoms. The molecule has 0 aliphatic carbocycles. The summed E-state index contributed by atoms with van der Waals surface area (Å²) >= 11 is 0. The molecule has 1 aliphatic heterocycles. The lowest BCUT2D eigenvalue weighted by molar-refractivity contribution is -0.120. The molecule has 0 aromatic rings. The SMILES string of the molecule is CCCCCCC1CCNC(C(N)=O)C1. The van der Waals surface area contributed by atoms with Gasteiger partial charge in [-0.05, 0) is 25.3 Å². The van der Waals surface area contributed by atoms with E-state index in [1.807, 2.05) is 0 Å². The lowest BCUT2D eigenvalue weighted by Crippen LogP contribution is -2.46. The van der Waals surface area contributed by atoms with E-state index in [2.05, 4.69) is 12.2 Å². The van der Waals surface area contributed by atoms with Gasteiger partial charge in [0.1, 0.15) is 0 Å². The van der Waals surface area contributed by atoms with Gasteiger partial charge < -0.3 is 11.1 Å². The van der Waals surface area contributed by atoms with Crippen molar-refractivity contribution in [3.8, 4) is 0 Å². The van der Waals surface area contributed by atoms with Gasteiger partial charge in [-0.3, -0.25) is 4.79 Å². The van der Waals surface area contributed by atoms with Crippen molar-refractivity contribution in [3.63, 3.8) is 0 Å². The molecule has 1 amide bonds. The van der Waals surface area contributed by atoms with Crippen LogP contribution in [0.4, 0.5) is 0 Å². The Balaban J connectivity index is 2.15. The molecule has 0 spiro atoms. The van der Waals surface area contributed by atoms with Crippen molar-refractivity contribution in [2.45, 2.75) is 57.9 Å². The third kappa shape index (κ3) is 4.65. The second kappa shape index (κ2) is 6.83. The second-order valence-corrected chi connectivity index (χ2v) is 4.65. The van der Waals surface area contributed by atoms with E-state index < -0.39 is 0 Å². The summed E-state index contributed by atoms with van der Waals surface area (Å²) in [5.74, 6) is 0.522. The number of piperidine rings is 1. The van der Waals surface area contributed by atoms with E-state index in [0.717, 1.165) is 13.0 Å². The van der Waals surface area contributed by atoms with Gasteiger partial charge >= 0.3 is 0 Å². The van der Waals surface area contributed by atoms with Crippen LogP contribution >= 0.6 is 0 Å². The number of rotatable bonds is 6. The summed E-state index contributed by atoms with van der Waals surface area (Å²) in [6.45, 7) is 3.18. The number of hydrogen-bond donors (Lipinski definition) is 2. The number of amides is 1. The highest BCUT2D eigenvalue weighted by Gasteiger charge is 2.24. The molecule has 0 aromatic heterocycles. The molecule has 1 fully saturated rings. The zero-order chi connectivity index (χ0) is 11.1. The summed E-state index contributed by atoms with van der Waals surface area (Å²) < 4.78 is 0. The monoisotopic (exact) mass is 212 g/mol. The maximum absolute atomic E-state index is 11.0. The number of carbonyl (C=O) groups excluding carboxylic acids is 1. The Kier molecular flexibility index (Phi) is 5.69. The van der Waals surface area contributed by atoms with E-state index in [9.17, 15) is 4.79 Å². The first-order chi connectivity index (χ1) is 7.24. The predicted molar refractivity (Wildman–Crippen MR) is 62.5 cm³/mol. The van der Waals surface area contributed by atoms with Gasteiger partial charge in [-0.15, -0.1) is 0 Å². The fraction of sp³-hybridized carbons (Fsp3) is 0.917. The normalized spacial score (nSPS) is 26.5. The van der Waals surface area contributed by atoms with Gasteiger partial charge in [-0.1, -0.05) is 39.0 Å². The number of hydrogen-bond acceptors (Lipinski definition) is 2. The molecule has 2 atom stereocenters. The molecule has 0 bridgehead atoms. The first-order valence-electron chi connectivity index (χ1n) is 6.26. The third-order valence-electron chi connectivity index (χ3n) is 3.32. The summed E-state index contributed by atoms with van der Waals surface area (Å²) in [7, 11) is 0. The minimum absolute atomic E-state index is 0.0741. The fourth-order valence-corrected chi connectivity index (χ4v) is 2.33. The Morgan fingerprint density at radius 3 is 2.87 bits per heavy atom. The molecule has 1 saturated heterocycles. The van der Waals surface area contributed by atoms with Gasteiger partial charge in [0.2, 0.25) is 5.91 Å². The zero-order valence-electron chi connectivity index (χ0n) is 9.80. The molecule has 0 saturated carbocycles. The maximum Gasteiger partial charge on any atom is 0.234 e. The van der Waals surface area contributed by atoms with Crippen LogP contribution in [0.15, 0.2) is 0 Å². The minimum atomic E-state index is -0.187. The van der Waals surface area contributed by atoms with Crippen molar-refractivity contribution in [1.29, 1.82) is 0 Å². The average Bonchev–Trinajstić information content (AvgIpc) is 2.25. The molecule has 1 aliphatic rings. The quantitative estimate of drug-likeness (QED) is 0.660. The molecule has 0 aromatic carbocycles. The topological polar surface area (TPSA) is 55.1 Å². The Labute approximate surface area is 92.8 Å². The van der Waals surface area contributed by atoms with Crippen LogP contribution in [0, 0.1) is 5.92 Å². The smallest absolute Gasteiger partial charge is 0.234 e. The third-order valence-corrected chi connectivity index (χ3v) is 3.32. The van der Waals surface area contributed by atoms with Crippen molar-refractivity contribution in [2.75, 3.05) is 6.54 Å².